The number of carbonyl (C=O) groups is 1. The Labute approximate surface area is 122 Å². The minimum absolute atomic E-state index is 0.0436. The second kappa shape index (κ2) is 6.42. The lowest BCUT2D eigenvalue weighted by Gasteiger charge is -2.14. The molecule has 1 aromatic rings. The average Bonchev–Trinajstić information content (AvgIpc) is 2.58. The number of hydrogen-bond acceptors (Lipinski definition) is 2. The van der Waals surface area contributed by atoms with Gasteiger partial charge in [0.25, 0.3) is 5.91 Å². The van der Waals surface area contributed by atoms with Gasteiger partial charge >= 0.3 is 0 Å². The lowest BCUT2D eigenvalue weighted by atomic mass is 10.0. The number of ether oxygens (including phenoxy) is 1. The van der Waals surface area contributed by atoms with Crippen LogP contribution in [-0.2, 0) is 0 Å². The van der Waals surface area contributed by atoms with Gasteiger partial charge in [-0.1, -0.05) is 35.8 Å². The molecule has 2 rings (SSSR count). The van der Waals surface area contributed by atoms with E-state index in [1.54, 1.807) is 0 Å². The number of nitrogens with one attached hydrogen (secondary N) is 1. The fourth-order valence-corrected chi connectivity index (χ4v) is 2.66. The van der Waals surface area contributed by atoms with Crippen molar-refractivity contribution in [3.05, 3.63) is 29.3 Å². The molecule has 4 heteroatoms. The van der Waals surface area contributed by atoms with Crippen molar-refractivity contribution in [2.45, 2.75) is 31.5 Å². The highest BCUT2D eigenvalue weighted by Gasteiger charge is 2.18. The van der Waals surface area contributed by atoms with Gasteiger partial charge < -0.3 is 10.1 Å². The maximum Gasteiger partial charge on any atom is 0.255 e. The Balaban J connectivity index is 2.17. The van der Waals surface area contributed by atoms with Gasteiger partial charge in [0.1, 0.15) is 12.4 Å². The van der Waals surface area contributed by atoms with Crippen LogP contribution in [0.2, 0.25) is 0 Å². The summed E-state index contributed by atoms with van der Waals surface area (Å²) in [4.78, 5) is 12.2. The van der Waals surface area contributed by atoms with Crippen LogP contribution < -0.4 is 10.1 Å². The van der Waals surface area contributed by atoms with Crippen LogP contribution in [-0.4, -0.2) is 19.1 Å². The molecular formula is C15H20BrNO2. The van der Waals surface area contributed by atoms with Crippen LogP contribution in [0.4, 0.5) is 0 Å². The van der Waals surface area contributed by atoms with E-state index in [0.29, 0.717) is 30.4 Å². The minimum Gasteiger partial charge on any atom is -0.491 e. The Bertz CT molecular complexity index is 459. The van der Waals surface area contributed by atoms with Gasteiger partial charge in [0.15, 0.2) is 0 Å². The van der Waals surface area contributed by atoms with E-state index in [9.17, 15) is 4.79 Å². The predicted octanol–water partition coefficient (Wildman–Crippen LogP) is 3.68. The van der Waals surface area contributed by atoms with Gasteiger partial charge in [0, 0.05) is 4.83 Å². The van der Waals surface area contributed by atoms with Gasteiger partial charge in [0.05, 0.1) is 12.1 Å². The van der Waals surface area contributed by atoms with Crippen molar-refractivity contribution in [1.82, 2.24) is 5.32 Å². The van der Waals surface area contributed by atoms with E-state index in [0.717, 1.165) is 18.4 Å². The fourth-order valence-electron chi connectivity index (χ4n) is 2.11. The Morgan fingerprint density at radius 3 is 2.89 bits per heavy atom. The highest BCUT2D eigenvalue weighted by atomic mass is 79.9. The van der Waals surface area contributed by atoms with Crippen LogP contribution in [0, 0.1) is 5.92 Å². The Morgan fingerprint density at radius 1 is 1.37 bits per heavy atom. The first kappa shape index (κ1) is 14.4. The normalized spacial score (nSPS) is 16.3. The summed E-state index contributed by atoms with van der Waals surface area (Å²) in [5.41, 5.74) is 1.78. The summed E-state index contributed by atoms with van der Waals surface area (Å²) in [7, 11) is 0. The molecule has 0 aliphatic carbocycles. The van der Waals surface area contributed by atoms with Gasteiger partial charge in [-0.2, -0.15) is 0 Å². The van der Waals surface area contributed by atoms with E-state index in [1.165, 1.54) is 0 Å². The molecule has 104 valence electrons. The number of benzene rings is 1. The third-order valence-electron chi connectivity index (χ3n) is 3.25. The number of fused-ring (bicyclic) bond motifs is 1. The summed E-state index contributed by atoms with van der Waals surface area (Å²) in [5.74, 6) is 1.33. The monoisotopic (exact) mass is 325 g/mol. The largest absolute Gasteiger partial charge is 0.491 e. The van der Waals surface area contributed by atoms with E-state index >= 15 is 0 Å². The molecule has 0 bridgehead atoms. The van der Waals surface area contributed by atoms with Crippen LogP contribution in [0.5, 0.6) is 5.75 Å². The molecule has 0 fully saturated rings. The van der Waals surface area contributed by atoms with Crippen LogP contribution in [0.3, 0.4) is 0 Å². The highest BCUT2D eigenvalue weighted by molar-refractivity contribution is 9.09. The molecule has 0 radical (unpaired) electrons. The SMILES string of the molecule is CC(C)CCC(Br)c1ccc2c(c1)C(=O)NCCO2. The first-order valence-corrected chi connectivity index (χ1v) is 7.68. The topological polar surface area (TPSA) is 38.3 Å². The van der Waals surface area contributed by atoms with Crippen molar-refractivity contribution in [1.29, 1.82) is 0 Å². The third-order valence-corrected chi connectivity index (χ3v) is 4.24. The number of amides is 1. The van der Waals surface area contributed by atoms with Crippen LogP contribution in [0.25, 0.3) is 0 Å². The average molecular weight is 326 g/mol. The molecule has 1 unspecified atom stereocenters. The summed E-state index contributed by atoms with van der Waals surface area (Å²) in [5, 5.41) is 2.84. The van der Waals surface area contributed by atoms with Gasteiger partial charge in [-0.25, -0.2) is 0 Å². The maximum absolute atomic E-state index is 11.9. The van der Waals surface area contributed by atoms with Crippen LogP contribution >= 0.6 is 15.9 Å². The van der Waals surface area contributed by atoms with Crippen molar-refractivity contribution in [3.8, 4) is 5.75 Å². The fraction of sp³-hybridized carbons (Fsp3) is 0.533. The lowest BCUT2D eigenvalue weighted by Crippen LogP contribution is -2.24. The zero-order valence-corrected chi connectivity index (χ0v) is 13.0. The predicted molar refractivity (Wildman–Crippen MR) is 80.0 cm³/mol. The highest BCUT2D eigenvalue weighted by Crippen LogP contribution is 2.32. The second-order valence-electron chi connectivity index (χ2n) is 5.30. The summed E-state index contributed by atoms with van der Waals surface area (Å²) in [6, 6.07) is 5.88. The van der Waals surface area contributed by atoms with Gasteiger partial charge in [-0.05, 0) is 36.5 Å². The standard InChI is InChI=1S/C15H20BrNO2/c1-10(2)3-5-13(16)11-4-6-14-12(9-11)15(18)17-7-8-19-14/h4,6,9-10,13H,3,5,7-8H2,1-2H3,(H,17,18). The molecule has 0 saturated heterocycles. The van der Waals surface area contributed by atoms with Crippen molar-refractivity contribution in [2.75, 3.05) is 13.2 Å². The molecule has 1 N–H and O–H groups in total. The molecule has 0 saturated carbocycles. The van der Waals surface area contributed by atoms with Crippen molar-refractivity contribution >= 4 is 21.8 Å². The smallest absolute Gasteiger partial charge is 0.255 e. The van der Waals surface area contributed by atoms with Gasteiger partial charge in [-0.3, -0.25) is 4.79 Å². The molecule has 1 aromatic carbocycles. The number of alkyl halides is 1. The molecule has 1 atom stereocenters. The Kier molecular flexibility index (Phi) is 4.86. The molecule has 1 heterocycles. The van der Waals surface area contributed by atoms with Crippen molar-refractivity contribution < 1.29 is 9.53 Å². The minimum atomic E-state index is -0.0436. The zero-order chi connectivity index (χ0) is 13.8. The van der Waals surface area contributed by atoms with E-state index < -0.39 is 0 Å². The molecule has 19 heavy (non-hydrogen) atoms. The van der Waals surface area contributed by atoms with Crippen molar-refractivity contribution in [2.24, 2.45) is 5.92 Å². The molecule has 1 aliphatic heterocycles. The summed E-state index contributed by atoms with van der Waals surface area (Å²) in [6.07, 6.45) is 2.23. The molecule has 0 spiro atoms. The number of rotatable bonds is 4. The van der Waals surface area contributed by atoms with E-state index in [2.05, 4.69) is 35.1 Å². The molecule has 1 aliphatic rings. The molecule has 0 aromatic heterocycles. The summed E-state index contributed by atoms with van der Waals surface area (Å²) >= 11 is 3.71. The third kappa shape index (κ3) is 3.72. The van der Waals surface area contributed by atoms with E-state index in [1.807, 2.05) is 18.2 Å². The van der Waals surface area contributed by atoms with Gasteiger partial charge in [-0.15, -0.1) is 0 Å². The van der Waals surface area contributed by atoms with Crippen molar-refractivity contribution in [3.63, 3.8) is 0 Å². The number of hydrogen-bond donors (Lipinski definition) is 1. The Morgan fingerprint density at radius 2 is 2.16 bits per heavy atom. The molecule has 1 amide bonds. The number of halogens is 1. The number of carbonyl (C=O) groups excluding carboxylic acids is 1. The van der Waals surface area contributed by atoms with Gasteiger partial charge in [0.2, 0.25) is 0 Å². The van der Waals surface area contributed by atoms with Crippen LogP contribution in [0.15, 0.2) is 18.2 Å². The first-order valence-electron chi connectivity index (χ1n) is 6.77. The summed E-state index contributed by atoms with van der Waals surface area (Å²) in [6.45, 7) is 5.53. The lowest BCUT2D eigenvalue weighted by molar-refractivity contribution is 0.0957. The zero-order valence-electron chi connectivity index (χ0n) is 11.4. The molecular weight excluding hydrogens is 306 g/mol. The Hall–Kier alpha value is -1.03. The first-order chi connectivity index (χ1) is 9.08. The second-order valence-corrected chi connectivity index (χ2v) is 6.40. The maximum atomic E-state index is 11.9. The van der Waals surface area contributed by atoms with E-state index in [-0.39, 0.29) is 10.7 Å². The molecule has 3 nitrogen and oxygen atoms in total. The van der Waals surface area contributed by atoms with E-state index in [4.69, 9.17) is 4.74 Å². The summed E-state index contributed by atoms with van der Waals surface area (Å²) < 4.78 is 5.55. The van der Waals surface area contributed by atoms with Crippen LogP contribution in [0.1, 0.15) is 47.4 Å². The quantitative estimate of drug-likeness (QED) is 0.857.